The molecule has 1 saturated heterocycles. The third-order valence-corrected chi connectivity index (χ3v) is 9.20. The summed E-state index contributed by atoms with van der Waals surface area (Å²) in [4.78, 5) is 37.4. The number of carboxylic acids is 1. The lowest BCUT2D eigenvalue weighted by Crippen LogP contribution is -2.29. The van der Waals surface area contributed by atoms with E-state index in [0.717, 1.165) is 56.9 Å². The van der Waals surface area contributed by atoms with Gasteiger partial charge in [-0.15, -0.1) is 0 Å². The Bertz CT molecular complexity index is 1440. The van der Waals surface area contributed by atoms with E-state index < -0.39 is 12.3 Å². The molecule has 2 saturated carbocycles. The molecular weight excluding hydrogens is 548 g/mol. The molecule has 2 aliphatic carbocycles. The zero-order chi connectivity index (χ0) is 29.8. The van der Waals surface area contributed by atoms with Gasteiger partial charge in [-0.25, -0.2) is 19.7 Å². The first-order chi connectivity index (χ1) is 21.0. The van der Waals surface area contributed by atoms with E-state index >= 15 is 0 Å². The second kappa shape index (κ2) is 13.2. The van der Waals surface area contributed by atoms with Crippen molar-refractivity contribution in [3.05, 3.63) is 54.6 Å². The highest BCUT2D eigenvalue weighted by Gasteiger charge is 2.51. The third kappa shape index (κ3) is 6.42. The molecule has 6 unspecified atom stereocenters. The number of hydrogen-bond acceptors (Lipinski definition) is 7. The summed E-state index contributed by atoms with van der Waals surface area (Å²) in [6.07, 6.45) is 13.9. The van der Waals surface area contributed by atoms with Gasteiger partial charge >= 0.3 is 12.0 Å². The standard InChI is InChI=1S/C32H40N6O5/c1-2-33-32(41)37-29-26-30(35-18-34-29)38(19-36-26)24-17-22(13-8-12-21-11-6-7-14-23(21)31(39)40)27-28(24)43-25(42-27)16-15-20-9-4-3-5-10-20/h3-5,9-10,15-16,18-19,21-25,27-28H,2,6-8,11-14,17H2,1H3,(H,39,40)(H2,33,34,35,37,41)/t21?,22?,23?,24?,25-,27?,28?/m0/s1. The number of aromatic nitrogens is 4. The summed E-state index contributed by atoms with van der Waals surface area (Å²) in [6.45, 7) is 2.35. The molecule has 7 atom stereocenters. The Morgan fingerprint density at radius 3 is 2.65 bits per heavy atom. The smallest absolute Gasteiger partial charge is 0.320 e. The first-order valence-electron chi connectivity index (χ1n) is 15.5. The van der Waals surface area contributed by atoms with E-state index in [-0.39, 0.29) is 42.0 Å². The quantitative estimate of drug-likeness (QED) is 0.285. The summed E-state index contributed by atoms with van der Waals surface area (Å²) >= 11 is 0. The maximum atomic E-state index is 12.2. The second-order valence-electron chi connectivity index (χ2n) is 11.9. The summed E-state index contributed by atoms with van der Waals surface area (Å²) in [5.74, 6) is -0.0405. The summed E-state index contributed by atoms with van der Waals surface area (Å²) < 4.78 is 15.1. The third-order valence-electron chi connectivity index (χ3n) is 9.20. The molecule has 43 heavy (non-hydrogen) atoms. The number of carboxylic acid groups (broad SMARTS) is 1. The Morgan fingerprint density at radius 1 is 1.05 bits per heavy atom. The van der Waals surface area contributed by atoms with Crippen molar-refractivity contribution in [1.82, 2.24) is 24.8 Å². The van der Waals surface area contributed by atoms with E-state index in [1.54, 1.807) is 6.33 Å². The fourth-order valence-electron chi connectivity index (χ4n) is 7.18. The van der Waals surface area contributed by atoms with Crippen LogP contribution in [-0.2, 0) is 14.3 Å². The van der Waals surface area contributed by atoms with Crippen molar-refractivity contribution >= 4 is 35.1 Å². The van der Waals surface area contributed by atoms with Crippen molar-refractivity contribution < 1.29 is 24.2 Å². The van der Waals surface area contributed by atoms with Crippen molar-refractivity contribution in [2.45, 2.75) is 82.8 Å². The molecule has 3 heterocycles. The lowest BCUT2D eigenvalue weighted by Gasteiger charge is -2.29. The molecule has 11 heteroatoms. The molecule has 3 N–H and O–H groups in total. The van der Waals surface area contributed by atoms with Crippen LogP contribution in [0.15, 0.2) is 49.1 Å². The van der Waals surface area contributed by atoms with Crippen LogP contribution in [0.3, 0.4) is 0 Å². The summed E-state index contributed by atoms with van der Waals surface area (Å²) in [7, 11) is 0. The van der Waals surface area contributed by atoms with E-state index in [2.05, 4.69) is 25.6 Å². The average Bonchev–Trinajstić information content (AvgIpc) is 3.72. The molecule has 3 aromatic rings. The number of hydrogen-bond donors (Lipinski definition) is 3. The number of anilines is 1. The zero-order valence-corrected chi connectivity index (χ0v) is 24.5. The van der Waals surface area contributed by atoms with E-state index in [0.29, 0.717) is 23.5 Å². The molecule has 3 fully saturated rings. The SMILES string of the molecule is CCNC(=O)Nc1ncnc2c1ncn2C1CC(CCCC2CCCCC2C(=O)O)C2O[C@H](C=Cc3ccccc3)OC21. The van der Waals surface area contributed by atoms with Gasteiger partial charge in [-0.05, 0) is 62.5 Å². The van der Waals surface area contributed by atoms with Crippen molar-refractivity contribution in [3.8, 4) is 0 Å². The van der Waals surface area contributed by atoms with Crippen LogP contribution in [0.4, 0.5) is 10.6 Å². The minimum Gasteiger partial charge on any atom is -0.481 e. The van der Waals surface area contributed by atoms with Gasteiger partial charge in [0.25, 0.3) is 0 Å². The molecular formula is C32H40N6O5. The summed E-state index contributed by atoms with van der Waals surface area (Å²) in [5, 5.41) is 15.2. The van der Waals surface area contributed by atoms with Crippen LogP contribution in [0.5, 0.6) is 0 Å². The number of fused-ring (bicyclic) bond motifs is 2. The highest BCUT2D eigenvalue weighted by molar-refractivity contribution is 5.95. The number of ether oxygens (including phenoxy) is 2. The van der Waals surface area contributed by atoms with Crippen LogP contribution < -0.4 is 10.6 Å². The van der Waals surface area contributed by atoms with E-state index in [1.807, 2.05) is 54.0 Å². The second-order valence-corrected chi connectivity index (χ2v) is 11.9. The fourth-order valence-corrected chi connectivity index (χ4v) is 7.18. The number of nitrogens with zero attached hydrogens (tertiary/aromatic N) is 4. The Kier molecular flexibility index (Phi) is 8.99. The molecule has 0 bridgehead atoms. The molecule has 1 aliphatic heterocycles. The minimum atomic E-state index is -0.652. The molecule has 0 spiro atoms. The van der Waals surface area contributed by atoms with Crippen LogP contribution in [0.2, 0.25) is 0 Å². The molecule has 2 amide bonds. The van der Waals surface area contributed by atoms with E-state index in [1.165, 1.54) is 6.33 Å². The van der Waals surface area contributed by atoms with Gasteiger partial charge in [-0.3, -0.25) is 10.1 Å². The molecule has 1 aromatic carbocycles. The number of carbonyl (C=O) groups is 2. The monoisotopic (exact) mass is 588 g/mol. The van der Waals surface area contributed by atoms with Crippen LogP contribution in [0.1, 0.15) is 69.9 Å². The number of rotatable bonds is 10. The average molecular weight is 589 g/mol. The molecule has 228 valence electrons. The van der Waals surface area contributed by atoms with E-state index in [9.17, 15) is 14.7 Å². The lowest BCUT2D eigenvalue weighted by atomic mass is 9.76. The van der Waals surface area contributed by atoms with Gasteiger partial charge in [0.1, 0.15) is 12.4 Å². The normalized spacial score (nSPS) is 28.7. The van der Waals surface area contributed by atoms with Crippen LogP contribution in [0.25, 0.3) is 17.2 Å². The summed E-state index contributed by atoms with van der Waals surface area (Å²) in [6, 6.07) is 9.65. The highest BCUT2D eigenvalue weighted by atomic mass is 16.7. The maximum Gasteiger partial charge on any atom is 0.320 e. The fraction of sp³-hybridized carbons (Fsp3) is 0.531. The number of aliphatic carboxylic acids is 1. The van der Waals surface area contributed by atoms with Crippen LogP contribution in [0, 0.1) is 17.8 Å². The van der Waals surface area contributed by atoms with Crippen molar-refractivity contribution in [2.75, 3.05) is 11.9 Å². The zero-order valence-electron chi connectivity index (χ0n) is 24.5. The van der Waals surface area contributed by atoms with Gasteiger partial charge in [0, 0.05) is 6.54 Å². The lowest BCUT2D eigenvalue weighted by molar-refractivity contribution is -0.145. The number of amides is 2. The minimum absolute atomic E-state index is 0.0659. The Hall–Kier alpha value is -3.83. The predicted octanol–water partition coefficient (Wildman–Crippen LogP) is 5.41. The largest absolute Gasteiger partial charge is 0.481 e. The molecule has 2 aromatic heterocycles. The van der Waals surface area contributed by atoms with Gasteiger partial charge < -0.3 is 24.5 Å². The van der Waals surface area contributed by atoms with Crippen molar-refractivity contribution in [1.29, 1.82) is 0 Å². The number of benzene rings is 1. The van der Waals surface area contributed by atoms with Gasteiger partial charge in [0.2, 0.25) is 0 Å². The Labute approximate surface area is 251 Å². The first kappa shape index (κ1) is 29.3. The van der Waals surface area contributed by atoms with Gasteiger partial charge in [0.05, 0.1) is 24.4 Å². The number of imidazole rings is 1. The van der Waals surface area contributed by atoms with Gasteiger partial charge in [0.15, 0.2) is 23.3 Å². The molecule has 11 nitrogen and oxygen atoms in total. The number of carbonyl (C=O) groups excluding carboxylic acids is 1. The molecule has 0 radical (unpaired) electrons. The van der Waals surface area contributed by atoms with Crippen LogP contribution in [-0.4, -0.2) is 61.7 Å². The van der Waals surface area contributed by atoms with Gasteiger partial charge in [-0.1, -0.05) is 55.7 Å². The van der Waals surface area contributed by atoms with Crippen molar-refractivity contribution in [2.24, 2.45) is 17.8 Å². The first-order valence-corrected chi connectivity index (χ1v) is 15.5. The summed E-state index contributed by atoms with van der Waals surface area (Å²) in [5.41, 5.74) is 2.22. The van der Waals surface area contributed by atoms with Crippen molar-refractivity contribution in [3.63, 3.8) is 0 Å². The van der Waals surface area contributed by atoms with E-state index in [4.69, 9.17) is 9.47 Å². The molecule has 3 aliphatic rings. The number of nitrogens with one attached hydrogen (secondary N) is 2. The Morgan fingerprint density at radius 2 is 1.84 bits per heavy atom. The Balaban J connectivity index is 1.21. The highest BCUT2D eigenvalue weighted by Crippen LogP contribution is 2.47. The predicted molar refractivity (Wildman–Crippen MR) is 161 cm³/mol. The molecule has 6 rings (SSSR count). The van der Waals surface area contributed by atoms with Gasteiger partial charge in [-0.2, -0.15) is 0 Å². The van der Waals surface area contributed by atoms with Crippen LogP contribution >= 0.6 is 0 Å². The maximum absolute atomic E-state index is 12.2. The number of urea groups is 1. The topological polar surface area (TPSA) is 140 Å².